The number of hydrogen-bond donors (Lipinski definition) is 1. The molecular weight excluding hydrogens is 527 g/mol. The van der Waals surface area contributed by atoms with Crippen molar-refractivity contribution in [1.82, 2.24) is 25.4 Å². The molecule has 10 nitrogen and oxygen atoms in total. The van der Waals surface area contributed by atoms with Crippen LogP contribution in [0.15, 0.2) is 41.3 Å². The summed E-state index contributed by atoms with van der Waals surface area (Å²) in [4.78, 5) is 20.0. The molecule has 2 aromatic carbocycles. The van der Waals surface area contributed by atoms with Crippen molar-refractivity contribution in [1.29, 1.82) is 0 Å². The Hall–Kier alpha value is -2.78. The van der Waals surface area contributed by atoms with E-state index in [4.69, 9.17) is 21.2 Å². The number of benzene rings is 2. The number of nitrogens with one attached hydrogen (secondary N) is 1. The van der Waals surface area contributed by atoms with E-state index in [1.807, 2.05) is 0 Å². The van der Waals surface area contributed by atoms with E-state index in [1.165, 1.54) is 17.2 Å². The molecule has 1 N–H and O–H groups in total. The summed E-state index contributed by atoms with van der Waals surface area (Å²) < 4.78 is 58.4. The molecule has 1 aromatic heterocycles. The number of fused-ring (bicyclic) bond motifs is 1. The number of ether oxygens (including phenoxy) is 2. The highest BCUT2D eigenvalue weighted by Gasteiger charge is 2.32. The summed E-state index contributed by atoms with van der Waals surface area (Å²) in [5, 5.41) is 11.6. The first kappa shape index (κ1) is 26.3. The Morgan fingerprint density at radius 2 is 1.94 bits per heavy atom. The van der Waals surface area contributed by atoms with E-state index in [9.17, 15) is 22.5 Å². The number of H-pyrrole nitrogens is 1. The monoisotopic (exact) mass is 547 g/mol. The van der Waals surface area contributed by atoms with Gasteiger partial charge in [-0.05, 0) is 41.0 Å². The molecule has 36 heavy (non-hydrogen) atoms. The number of halogens is 4. The lowest BCUT2D eigenvalue weighted by Crippen LogP contribution is -2.48. The predicted molar refractivity (Wildman–Crippen MR) is 123 cm³/mol. The van der Waals surface area contributed by atoms with Crippen LogP contribution >= 0.6 is 11.6 Å². The standard InChI is InChI=1S/C21H21ClF3N5O5S/c22-16-11-14(1-4-19(16)34-21(23,24)25)13-33-20(31)35-30-7-5-29(6-8-30)9-10-36(32)15-2-3-17-18(12-15)27-28-26-17/h1-4,11-12H,5-10,13H2,(H,26,27,28). The van der Waals surface area contributed by atoms with Crippen LogP contribution in [0, 0.1) is 0 Å². The molecule has 1 aliphatic heterocycles. The fraction of sp³-hybridized carbons (Fsp3) is 0.381. The summed E-state index contributed by atoms with van der Waals surface area (Å²) in [6, 6.07) is 8.88. The Kier molecular flexibility index (Phi) is 8.41. The van der Waals surface area contributed by atoms with Gasteiger partial charge in [-0.25, -0.2) is 4.79 Å². The number of aromatic nitrogens is 3. The van der Waals surface area contributed by atoms with Gasteiger partial charge in [0, 0.05) is 38.8 Å². The Morgan fingerprint density at radius 1 is 1.17 bits per heavy atom. The first-order valence-corrected chi connectivity index (χ1v) is 12.4. The molecule has 0 aliphatic carbocycles. The van der Waals surface area contributed by atoms with Gasteiger partial charge in [0.1, 0.15) is 23.6 Å². The zero-order valence-electron chi connectivity index (χ0n) is 18.7. The van der Waals surface area contributed by atoms with Crippen LogP contribution in [-0.2, 0) is 27.4 Å². The minimum Gasteiger partial charge on any atom is -0.611 e. The lowest BCUT2D eigenvalue weighted by atomic mass is 10.2. The summed E-state index contributed by atoms with van der Waals surface area (Å²) >= 11 is 4.60. The topological polar surface area (TPSA) is 116 Å². The van der Waals surface area contributed by atoms with Gasteiger partial charge in [-0.15, -0.1) is 23.3 Å². The van der Waals surface area contributed by atoms with Gasteiger partial charge in [0.15, 0.2) is 4.90 Å². The highest BCUT2D eigenvalue weighted by Crippen LogP contribution is 2.31. The van der Waals surface area contributed by atoms with Gasteiger partial charge in [0.25, 0.3) is 0 Å². The Balaban J connectivity index is 1.15. The normalized spacial score (nSPS) is 16.1. The number of aromatic amines is 1. The third-order valence-corrected chi connectivity index (χ3v) is 6.89. The molecule has 1 fully saturated rings. The van der Waals surface area contributed by atoms with Gasteiger partial charge in [-0.3, -0.25) is 10.00 Å². The lowest BCUT2D eigenvalue weighted by molar-refractivity contribution is -0.274. The smallest absolute Gasteiger partial charge is 0.573 e. The van der Waals surface area contributed by atoms with Crippen LogP contribution in [0.25, 0.3) is 11.0 Å². The Labute approximate surface area is 211 Å². The van der Waals surface area contributed by atoms with Crippen LogP contribution in [-0.4, -0.2) is 80.9 Å². The van der Waals surface area contributed by atoms with Gasteiger partial charge < -0.3 is 18.9 Å². The average Bonchev–Trinajstić information content (AvgIpc) is 3.31. The number of carbonyl (C=O) groups is 1. The predicted octanol–water partition coefficient (Wildman–Crippen LogP) is 3.50. The average molecular weight is 548 g/mol. The molecule has 3 aromatic rings. The third kappa shape index (κ3) is 7.36. The Morgan fingerprint density at radius 3 is 2.67 bits per heavy atom. The zero-order valence-corrected chi connectivity index (χ0v) is 20.2. The summed E-state index contributed by atoms with van der Waals surface area (Å²) in [7, 11) is 0. The van der Waals surface area contributed by atoms with E-state index >= 15 is 0 Å². The number of alkyl halides is 3. The van der Waals surface area contributed by atoms with Crippen molar-refractivity contribution in [2.45, 2.75) is 17.9 Å². The maximum Gasteiger partial charge on any atom is 0.573 e. The van der Waals surface area contributed by atoms with E-state index in [0.29, 0.717) is 54.5 Å². The second kappa shape index (κ2) is 11.5. The summed E-state index contributed by atoms with van der Waals surface area (Å²) in [5.74, 6) is -0.0981. The van der Waals surface area contributed by atoms with Crippen LogP contribution in [0.3, 0.4) is 0 Å². The third-order valence-electron chi connectivity index (χ3n) is 5.27. The van der Waals surface area contributed by atoms with Crippen molar-refractivity contribution in [2.24, 2.45) is 0 Å². The molecule has 15 heteroatoms. The van der Waals surface area contributed by atoms with Crippen molar-refractivity contribution in [3.8, 4) is 5.75 Å². The number of nitrogens with zero attached hydrogens (tertiary/aromatic N) is 4. The van der Waals surface area contributed by atoms with Crippen molar-refractivity contribution >= 4 is 40.0 Å². The second-order valence-electron chi connectivity index (χ2n) is 7.75. The fourth-order valence-corrected chi connectivity index (χ4v) is 4.83. The molecule has 1 unspecified atom stereocenters. The highest BCUT2D eigenvalue weighted by molar-refractivity contribution is 7.91. The molecular formula is C21H21ClF3N5O5S. The minimum atomic E-state index is -4.86. The maximum atomic E-state index is 12.6. The van der Waals surface area contributed by atoms with E-state index in [-0.39, 0.29) is 11.6 Å². The molecule has 1 saturated heterocycles. The van der Waals surface area contributed by atoms with Crippen LogP contribution < -0.4 is 4.74 Å². The largest absolute Gasteiger partial charge is 0.611 e. The molecule has 0 radical (unpaired) electrons. The van der Waals surface area contributed by atoms with Gasteiger partial charge in [-0.2, -0.15) is 0 Å². The lowest BCUT2D eigenvalue weighted by Gasteiger charge is -2.32. The molecule has 1 atom stereocenters. The molecule has 194 valence electrons. The number of carbonyl (C=O) groups excluding carboxylic acids is 1. The SMILES string of the molecule is O=C(OCc1ccc(OC(F)(F)F)c(Cl)c1)ON1CCN(CC[S+]([O-])c2ccc3nn[nH]c3c2)CC1. The van der Waals surface area contributed by atoms with Gasteiger partial charge in [0.2, 0.25) is 0 Å². The second-order valence-corrected chi connectivity index (χ2v) is 9.73. The van der Waals surface area contributed by atoms with Crippen molar-refractivity contribution < 1.29 is 36.8 Å². The van der Waals surface area contributed by atoms with E-state index in [0.717, 1.165) is 11.6 Å². The molecule has 4 rings (SSSR count). The summed E-state index contributed by atoms with van der Waals surface area (Å²) in [6.07, 6.45) is -5.81. The molecule has 0 saturated carbocycles. The highest BCUT2D eigenvalue weighted by atomic mass is 35.5. The number of hydrogen-bond acceptors (Lipinski definition) is 9. The van der Waals surface area contributed by atoms with Crippen LogP contribution in [0.1, 0.15) is 5.56 Å². The zero-order chi connectivity index (χ0) is 25.7. The Bertz CT molecular complexity index is 1190. The first-order valence-electron chi connectivity index (χ1n) is 10.7. The fourth-order valence-electron chi connectivity index (χ4n) is 3.46. The van der Waals surface area contributed by atoms with Crippen LogP contribution in [0.5, 0.6) is 5.75 Å². The number of rotatable bonds is 8. The van der Waals surface area contributed by atoms with E-state index in [1.54, 1.807) is 18.2 Å². The van der Waals surface area contributed by atoms with E-state index in [2.05, 4.69) is 25.0 Å². The first-order chi connectivity index (χ1) is 17.2. The molecule has 0 bridgehead atoms. The number of piperazine rings is 1. The summed E-state index contributed by atoms with van der Waals surface area (Å²) in [5.41, 5.74) is 1.81. The van der Waals surface area contributed by atoms with Crippen LogP contribution in [0.2, 0.25) is 5.02 Å². The van der Waals surface area contributed by atoms with Crippen molar-refractivity contribution in [3.05, 3.63) is 47.0 Å². The van der Waals surface area contributed by atoms with E-state index < -0.39 is 29.4 Å². The quantitative estimate of drug-likeness (QED) is 0.334. The summed E-state index contributed by atoms with van der Waals surface area (Å²) in [6.45, 7) is 2.44. The van der Waals surface area contributed by atoms with Crippen molar-refractivity contribution in [2.75, 3.05) is 38.5 Å². The van der Waals surface area contributed by atoms with Gasteiger partial charge in [0.05, 0.1) is 10.5 Å². The van der Waals surface area contributed by atoms with Crippen molar-refractivity contribution in [3.63, 3.8) is 0 Å². The molecule has 2 heterocycles. The van der Waals surface area contributed by atoms with Gasteiger partial charge in [-0.1, -0.05) is 22.9 Å². The van der Waals surface area contributed by atoms with Gasteiger partial charge >= 0.3 is 12.5 Å². The number of hydroxylamine groups is 2. The molecule has 1 aliphatic rings. The maximum absolute atomic E-state index is 12.6. The molecule has 0 amide bonds. The van der Waals surface area contributed by atoms with Crippen LogP contribution in [0.4, 0.5) is 18.0 Å². The minimum absolute atomic E-state index is 0.239. The molecule has 0 spiro atoms.